The molecule has 0 spiro atoms. The molecule has 3 aliphatic rings. The van der Waals surface area contributed by atoms with E-state index in [1.165, 1.54) is 19.3 Å². The van der Waals surface area contributed by atoms with Gasteiger partial charge in [-0.05, 0) is 51.4 Å². The van der Waals surface area contributed by atoms with Crippen LogP contribution in [0, 0.1) is 11.3 Å². The summed E-state index contributed by atoms with van der Waals surface area (Å²) >= 11 is 0. The third-order valence-electron chi connectivity index (χ3n) is 4.39. The molecule has 2 bridgehead atoms. The molecular formula is C14H23NO. The van der Waals surface area contributed by atoms with E-state index in [1.807, 2.05) is 32.1 Å². The normalized spacial score (nSPS) is 33.9. The van der Waals surface area contributed by atoms with Crippen LogP contribution in [0.5, 0.6) is 0 Å². The van der Waals surface area contributed by atoms with Gasteiger partial charge < -0.3 is 4.90 Å². The van der Waals surface area contributed by atoms with Crippen molar-refractivity contribution in [1.82, 2.24) is 4.90 Å². The molecule has 3 rings (SSSR count). The van der Waals surface area contributed by atoms with Gasteiger partial charge in [-0.3, -0.25) is 4.79 Å². The minimum Gasteiger partial charge on any atom is -0.383 e. The van der Waals surface area contributed by atoms with Crippen molar-refractivity contribution in [2.75, 3.05) is 14.1 Å². The molecule has 0 radical (unpaired) electrons. The Labute approximate surface area is 98.7 Å². The van der Waals surface area contributed by atoms with E-state index in [2.05, 4.69) is 0 Å². The molecule has 90 valence electrons. The number of hydrogen-bond acceptors (Lipinski definition) is 2. The van der Waals surface area contributed by atoms with Crippen molar-refractivity contribution in [1.29, 1.82) is 0 Å². The molecule has 0 amide bonds. The highest BCUT2D eigenvalue weighted by atomic mass is 16.1. The molecule has 2 heteroatoms. The number of Topliss-reactive ketones (excluding diaryl/α,β-unsaturated/α-hetero) is 1. The fraction of sp³-hybridized carbons (Fsp3) is 0.786. The van der Waals surface area contributed by atoms with Crippen molar-refractivity contribution in [2.45, 2.75) is 45.4 Å². The number of carbonyl (C=O) groups excluding carboxylic acids is 1. The van der Waals surface area contributed by atoms with Crippen molar-refractivity contribution in [3.05, 3.63) is 11.8 Å². The Morgan fingerprint density at radius 3 is 2.12 bits per heavy atom. The van der Waals surface area contributed by atoms with E-state index in [0.717, 1.165) is 30.8 Å². The van der Waals surface area contributed by atoms with E-state index in [0.29, 0.717) is 5.78 Å². The van der Waals surface area contributed by atoms with E-state index in [4.69, 9.17) is 0 Å². The number of rotatable bonds is 3. The summed E-state index contributed by atoms with van der Waals surface area (Å²) in [6.07, 6.45) is 9.21. The second kappa shape index (κ2) is 4.23. The first-order chi connectivity index (χ1) is 7.53. The number of allylic oxidation sites excluding steroid dienone is 1. The molecule has 0 aliphatic heterocycles. The van der Waals surface area contributed by atoms with E-state index in [9.17, 15) is 4.79 Å². The van der Waals surface area contributed by atoms with Crippen LogP contribution in [0.4, 0.5) is 0 Å². The number of carbonyl (C=O) groups is 1. The van der Waals surface area contributed by atoms with Gasteiger partial charge in [-0.2, -0.15) is 0 Å². The Bertz CT molecular complexity index is 295. The maximum Gasteiger partial charge on any atom is 0.166 e. The van der Waals surface area contributed by atoms with Gasteiger partial charge in [0.05, 0.1) is 0 Å². The van der Waals surface area contributed by atoms with Crippen molar-refractivity contribution in [3.8, 4) is 0 Å². The number of ketones is 1. The number of nitrogens with zero attached hydrogens (tertiary/aromatic N) is 1. The second-order valence-electron chi connectivity index (χ2n) is 5.87. The molecule has 0 N–H and O–H groups in total. The number of fused-ring (bicyclic) bond motifs is 3. The first-order valence-electron chi connectivity index (χ1n) is 6.43. The van der Waals surface area contributed by atoms with E-state index >= 15 is 0 Å². The van der Waals surface area contributed by atoms with Crippen LogP contribution in [0.1, 0.15) is 45.4 Å². The zero-order valence-corrected chi connectivity index (χ0v) is 10.8. The lowest BCUT2D eigenvalue weighted by Gasteiger charge is -2.45. The van der Waals surface area contributed by atoms with Gasteiger partial charge in [0.15, 0.2) is 5.78 Å². The Morgan fingerprint density at radius 2 is 1.69 bits per heavy atom. The van der Waals surface area contributed by atoms with Gasteiger partial charge in [-0.15, -0.1) is 0 Å². The summed E-state index contributed by atoms with van der Waals surface area (Å²) in [6, 6.07) is 0. The summed E-state index contributed by atoms with van der Waals surface area (Å²) in [4.78, 5) is 14.5. The Balaban J connectivity index is 2.14. The zero-order valence-electron chi connectivity index (χ0n) is 10.8. The summed E-state index contributed by atoms with van der Waals surface area (Å²) in [7, 11) is 3.96. The van der Waals surface area contributed by atoms with Crippen LogP contribution in [0.3, 0.4) is 0 Å². The van der Waals surface area contributed by atoms with Crippen molar-refractivity contribution < 1.29 is 4.79 Å². The first-order valence-corrected chi connectivity index (χ1v) is 6.43. The molecular weight excluding hydrogens is 198 g/mol. The quantitative estimate of drug-likeness (QED) is 0.683. The minimum atomic E-state index is 0.0192. The van der Waals surface area contributed by atoms with Crippen molar-refractivity contribution >= 4 is 5.78 Å². The largest absolute Gasteiger partial charge is 0.383 e. The fourth-order valence-electron chi connectivity index (χ4n) is 3.45. The Morgan fingerprint density at radius 1 is 1.19 bits per heavy atom. The van der Waals surface area contributed by atoms with Gasteiger partial charge in [-0.25, -0.2) is 0 Å². The van der Waals surface area contributed by atoms with Crippen LogP contribution >= 0.6 is 0 Å². The molecule has 0 aromatic rings. The van der Waals surface area contributed by atoms with Gasteiger partial charge in [0.2, 0.25) is 0 Å². The van der Waals surface area contributed by atoms with Crippen molar-refractivity contribution in [3.63, 3.8) is 0 Å². The van der Waals surface area contributed by atoms with Crippen LogP contribution in [-0.4, -0.2) is 24.8 Å². The highest BCUT2D eigenvalue weighted by Crippen LogP contribution is 2.51. The lowest BCUT2D eigenvalue weighted by Crippen LogP contribution is -2.41. The van der Waals surface area contributed by atoms with Gasteiger partial charge in [0.1, 0.15) is 0 Å². The highest BCUT2D eigenvalue weighted by molar-refractivity contribution is 5.99. The number of hydrogen-bond donors (Lipinski definition) is 0. The van der Waals surface area contributed by atoms with Gasteiger partial charge in [0.25, 0.3) is 0 Å². The van der Waals surface area contributed by atoms with Crippen LogP contribution < -0.4 is 0 Å². The average molecular weight is 221 g/mol. The predicted molar refractivity (Wildman–Crippen MR) is 66.1 cm³/mol. The van der Waals surface area contributed by atoms with Crippen LogP contribution in [-0.2, 0) is 4.79 Å². The van der Waals surface area contributed by atoms with E-state index in [-0.39, 0.29) is 5.41 Å². The molecule has 3 fully saturated rings. The van der Waals surface area contributed by atoms with Crippen LogP contribution in [0.25, 0.3) is 0 Å². The fourth-order valence-corrected chi connectivity index (χ4v) is 3.45. The smallest absolute Gasteiger partial charge is 0.166 e. The summed E-state index contributed by atoms with van der Waals surface area (Å²) < 4.78 is 0. The lowest BCUT2D eigenvalue weighted by molar-refractivity contribution is -0.130. The molecule has 0 aromatic carbocycles. The molecule has 2 nitrogen and oxygen atoms in total. The molecule has 16 heavy (non-hydrogen) atoms. The SMILES string of the molecule is C/C(=C/N(C)C)C(=O)C12CCC(CC1)CC2. The molecule has 0 heterocycles. The highest BCUT2D eigenvalue weighted by Gasteiger charge is 2.45. The minimum absolute atomic E-state index is 0.0192. The third kappa shape index (κ3) is 2.02. The summed E-state index contributed by atoms with van der Waals surface area (Å²) in [5.41, 5.74) is 0.955. The van der Waals surface area contributed by atoms with Crippen LogP contribution in [0.2, 0.25) is 0 Å². The molecule has 0 atom stereocenters. The first kappa shape index (κ1) is 11.7. The third-order valence-corrected chi connectivity index (χ3v) is 4.39. The molecule has 0 aromatic heterocycles. The lowest BCUT2D eigenvalue weighted by atomic mass is 9.58. The second-order valence-corrected chi connectivity index (χ2v) is 5.87. The maximum absolute atomic E-state index is 12.5. The molecule has 3 saturated carbocycles. The molecule has 0 saturated heterocycles. The van der Waals surface area contributed by atoms with Gasteiger partial charge in [0, 0.05) is 31.3 Å². The average Bonchev–Trinajstić information content (AvgIpc) is 2.29. The van der Waals surface area contributed by atoms with Gasteiger partial charge in [-0.1, -0.05) is 0 Å². The summed E-state index contributed by atoms with van der Waals surface area (Å²) in [6.45, 7) is 1.97. The van der Waals surface area contributed by atoms with E-state index < -0.39 is 0 Å². The van der Waals surface area contributed by atoms with Crippen molar-refractivity contribution in [2.24, 2.45) is 11.3 Å². The van der Waals surface area contributed by atoms with E-state index in [1.54, 1.807) is 0 Å². The summed E-state index contributed by atoms with van der Waals surface area (Å²) in [5, 5.41) is 0. The topological polar surface area (TPSA) is 20.3 Å². The Hall–Kier alpha value is -0.790. The molecule has 0 unspecified atom stereocenters. The Kier molecular flexibility index (Phi) is 3.09. The monoisotopic (exact) mass is 221 g/mol. The predicted octanol–water partition coefficient (Wildman–Crippen LogP) is 2.99. The van der Waals surface area contributed by atoms with Gasteiger partial charge >= 0.3 is 0 Å². The maximum atomic E-state index is 12.5. The standard InChI is InChI=1S/C14H23NO/c1-11(10-15(2)3)13(16)14-7-4-12(5-8-14)6-9-14/h10,12H,4-9H2,1-3H3/b11-10-. The van der Waals surface area contributed by atoms with Crippen LogP contribution in [0.15, 0.2) is 11.8 Å². The zero-order chi connectivity index (χ0) is 11.8. The molecule has 3 aliphatic carbocycles. The summed E-state index contributed by atoms with van der Waals surface area (Å²) in [5.74, 6) is 1.34.